The smallest absolute Gasteiger partial charge is 0.175 e. The molecule has 28 heavy (non-hydrogen) atoms. The number of thiophene rings is 1. The van der Waals surface area contributed by atoms with Crippen LogP contribution in [0.15, 0.2) is 76.2 Å². The number of pyridine rings is 1. The molecule has 0 atom stereocenters. The SMILES string of the molecule is CO/N=C(/c1ccc2ccn(-c3ccc(S(C)(=O)=O)cc3)c2n1)c1cccs1. The van der Waals surface area contributed by atoms with Crippen LogP contribution in [0.4, 0.5) is 0 Å². The fraction of sp³-hybridized carbons (Fsp3) is 0.100. The lowest BCUT2D eigenvalue weighted by Gasteiger charge is -2.08. The van der Waals surface area contributed by atoms with E-state index in [2.05, 4.69) is 5.16 Å². The summed E-state index contributed by atoms with van der Waals surface area (Å²) in [6.07, 6.45) is 3.11. The van der Waals surface area contributed by atoms with E-state index in [9.17, 15) is 8.42 Å². The zero-order valence-electron chi connectivity index (χ0n) is 15.2. The molecular weight excluding hydrogens is 394 g/mol. The van der Waals surface area contributed by atoms with Gasteiger partial charge in [0.1, 0.15) is 18.5 Å². The molecule has 0 saturated carbocycles. The summed E-state index contributed by atoms with van der Waals surface area (Å²) in [5, 5.41) is 7.11. The minimum Gasteiger partial charge on any atom is -0.399 e. The molecule has 0 bridgehead atoms. The Kier molecular flexibility index (Phi) is 4.74. The van der Waals surface area contributed by atoms with E-state index < -0.39 is 9.84 Å². The summed E-state index contributed by atoms with van der Waals surface area (Å²) >= 11 is 1.56. The molecule has 0 aliphatic carbocycles. The Bertz CT molecular complexity index is 1260. The van der Waals surface area contributed by atoms with Crippen LogP contribution in [0.2, 0.25) is 0 Å². The van der Waals surface area contributed by atoms with Crippen LogP contribution in [0.1, 0.15) is 10.6 Å². The number of fused-ring (bicyclic) bond motifs is 1. The average Bonchev–Trinajstić information content (AvgIpc) is 3.35. The standard InChI is InChI=1S/C20H17N3O3S2/c1-26-22-19(18-4-3-13-27-18)17-10-5-14-11-12-23(20(14)21-17)15-6-8-16(9-7-15)28(2,24)25/h3-13H,1-2H3/b22-19-. The van der Waals surface area contributed by atoms with Crippen molar-refractivity contribution < 1.29 is 13.3 Å². The number of hydrogen-bond donors (Lipinski definition) is 0. The first-order valence-electron chi connectivity index (χ1n) is 8.41. The molecule has 0 aliphatic heterocycles. The molecule has 0 unspecified atom stereocenters. The average molecular weight is 412 g/mol. The molecule has 0 aliphatic rings. The number of rotatable bonds is 5. The Balaban J connectivity index is 1.82. The minimum absolute atomic E-state index is 0.286. The first kappa shape index (κ1) is 18.4. The van der Waals surface area contributed by atoms with Crippen molar-refractivity contribution in [3.05, 3.63) is 76.7 Å². The van der Waals surface area contributed by atoms with Crippen LogP contribution in [0.3, 0.4) is 0 Å². The number of sulfone groups is 1. The molecule has 0 fully saturated rings. The highest BCUT2D eigenvalue weighted by Crippen LogP contribution is 2.23. The molecule has 4 rings (SSSR count). The van der Waals surface area contributed by atoms with Gasteiger partial charge in [0.05, 0.1) is 15.5 Å². The highest BCUT2D eigenvalue weighted by atomic mass is 32.2. The van der Waals surface area contributed by atoms with Crippen LogP contribution in [0, 0.1) is 0 Å². The number of hydrogen-bond acceptors (Lipinski definition) is 6. The van der Waals surface area contributed by atoms with Gasteiger partial charge >= 0.3 is 0 Å². The number of benzene rings is 1. The Labute approximate surface area is 166 Å². The summed E-state index contributed by atoms with van der Waals surface area (Å²) < 4.78 is 25.3. The Morgan fingerprint density at radius 2 is 1.89 bits per heavy atom. The van der Waals surface area contributed by atoms with Crippen LogP contribution in [-0.4, -0.2) is 37.0 Å². The molecule has 8 heteroatoms. The first-order valence-corrected chi connectivity index (χ1v) is 11.2. The maximum absolute atomic E-state index is 11.7. The van der Waals surface area contributed by atoms with E-state index in [1.807, 2.05) is 46.5 Å². The first-order chi connectivity index (χ1) is 13.5. The third-order valence-corrected chi connectivity index (χ3v) is 6.26. The van der Waals surface area contributed by atoms with Crippen molar-refractivity contribution in [3.63, 3.8) is 0 Å². The minimum atomic E-state index is -3.23. The van der Waals surface area contributed by atoms with Crippen LogP contribution in [0.5, 0.6) is 0 Å². The van der Waals surface area contributed by atoms with Gasteiger partial charge in [-0.1, -0.05) is 11.2 Å². The van der Waals surface area contributed by atoms with E-state index in [1.54, 1.807) is 35.6 Å². The zero-order chi connectivity index (χ0) is 19.7. The van der Waals surface area contributed by atoms with Crippen LogP contribution in [-0.2, 0) is 14.7 Å². The van der Waals surface area contributed by atoms with Crippen molar-refractivity contribution in [2.24, 2.45) is 5.16 Å². The van der Waals surface area contributed by atoms with E-state index in [1.165, 1.54) is 13.4 Å². The third-order valence-electron chi connectivity index (χ3n) is 4.26. The molecular formula is C20H17N3O3S2. The van der Waals surface area contributed by atoms with E-state index in [4.69, 9.17) is 9.82 Å². The van der Waals surface area contributed by atoms with Crippen LogP contribution < -0.4 is 0 Å². The van der Waals surface area contributed by atoms with Crippen molar-refractivity contribution >= 4 is 37.9 Å². The van der Waals surface area contributed by atoms with E-state index >= 15 is 0 Å². The second-order valence-electron chi connectivity index (χ2n) is 6.16. The molecule has 3 aromatic heterocycles. The molecule has 0 amide bonds. The maximum atomic E-state index is 11.7. The molecule has 0 N–H and O–H groups in total. The lowest BCUT2D eigenvalue weighted by molar-refractivity contribution is 0.214. The second kappa shape index (κ2) is 7.21. The van der Waals surface area contributed by atoms with Gasteiger partial charge in [-0.15, -0.1) is 11.3 Å². The maximum Gasteiger partial charge on any atom is 0.175 e. The van der Waals surface area contributed by atoms with Gasteiger partial charge in [-0.25, -0.2) is 13.4 Å². The molecule has 0 saturated heterocycles. The van der Waals surface area contributed by atoms with Crippen molar-refractivity contribution in [1.82, 2.24) is 9.55 Å². The fourth-order valence-electron chi connectivity index (χ4n) is 2.92. The summed E-state index contributed by atoms with van der Waals surface area (Å²) in [7, 11) is -1.72. The third kappa shape index (κ3) is 3.44. The van der Waals surface area contributed by atoms with E-state index in [0.29, 0.717) is 11.4 Å². The molecule has 0 spiro atoms. The number of oxime groups is 1. The lowest BCUT2D eigenvalue weighted by atomic mass is 10.2. The normalized spacial score (nSPS) is 12.4. The van der Waals surface area contributed by atoms with Gasteiger partial charge < -0.3 is 9.40 Å². The monoisotopic (exact) mass is 411 g/mol. The fourth-order valence-corrected chi connectivity index (χ4v) is 4.27. The van der Waals surface area contributed by atoms with Crippen molar-refractivity contribution in [3.8, 4) is 5.69 Å². The highest BCUT2D eigenvalue weighted by Gasteiger charge is 2.14. The number of nitrogens with zero attached hydrogens (tertiary/aromatic N) is 3. The van der Waals surface area contributed by atoms with Gasteiger partial charge in [0.25, 0.3) is 0 Å². The molecule has 0 radical (unpaired) electrons. The largest absolute Gasteiger partial charge is 0.399 e. The van der Waals surface area contributed by atoms with Gasteiger partial charge in [0.15, 0.2) is 9.84 Å². The molecule has 1 aromatic carbocycles. The molecule has 142 valence electrons. The molecule has 4 aromatic rings. The van der Waals surface area contributed by atoms with Crippen LogP contribution in [0.25, 0.3) is 16.7 Å². The Morgan fingerprint density at radius 3 is 2.54 bits per heavy atom. The van der Waals surface area contributed by atoms with Gasteiger partial charge in [0, 0.05) is 23.5 Å². The Morgan fingerprint density at radius 1 is 1.11 bits per heavy atom. The van der Waals surface area contributed by atoms with Crippen molar-refractivity contribution in [1.29, 1.82) is 0 Å². The van der Waals surface area contributed by atoms with Crippen molar-refractivity contribution in [2.75, 3.05) is 13.4 Å². The summed E-state index contributed by atoms with van der Waals surface area (Å²) in [6, 6.07) is 16.5. The molecule has 3 heterocycles. The molecule has 6 nitrogen and oxygen atoms in total. The quantitative estimate of drug-likeness (QED) is 0.369. The van der Waals surface area contributed by atoms with Gasteiger partial charge in [-0.3, -0.25) is 0 Å². The Hall–Kier alpha value is -2.97. The number of aromatic nitrogens is 2. The zero-order valence-corrected chi connectivity index (χ0v) is 16.9. The van der Waals surface area contributed by atoms with Crippen LogP contribution >= 0.6 is 11.3 Å². The predicted octanol–water partition coefficient (Wildman–Crippen LogP) is 3.89. The van der Waals surface area contributed by atoms with E-state index in [-0.39, 0.29) is 4.90 Å². The summed E-state index contributed by atoms with van der Waals surface area (Å²) in [4.78, 5) is 11.1. The van der Waals surface area contributed by atoms with Gasteiger partial charge in [-0.2, -0.15) is 0 Å². The summed E-state index contributed by atoms with van der Waals surface area (Å²) in [5.74, 6) is 0. The lowest BCUT2D eigenvalue weighted by Crippen LogP contribution is -2.06. The van der Waals surface area contributed by atoms with Gasteiger partial charge in [0.2, 0.25) is 0 Å². The van der Waals surface area contributed by atoms with Gasteiger partial charge in [-0.05, 0) is 53.9 Å². The predicted molar refractivity (Wildman–Crippen MR) is 111 cm³/mol. The second-order valence-corrected chi connectivity index (χ2v) is 9.12. The summed E-state index contributed by atoms with van der Waals surface area (Å²) in [6.45, 7) is 0. The summed E-state index contributed by atoms with van der Waals surface area (Å²) in [5.41, 5.74) is 2.95. The van der Waals surface area contributed by atoms with E-state index in [0.717, 1.165) is 21.6 Å². The topological polar surface area (TPSA) is 73.6 Å². The van der Waals surface area contributed by atoms with Crippen molar-refractivity contribution in [2.45, 2.75) is 4.90 Å². The highest BCUT2D eigenvalue weighted by molar-refractivity contribution is 7.90.